The summed E-state index contributed by atoms with van der Waals surface area (Å²) >= 11 is 0. The lowest BCUT2D eigenvalue weighted by Gasteiger charge is -2.30. The minimum atomic E-state index is -5.00. The molecule has 0 amide bonds. The van der Waals surface area contributed by atoms with Crippen LogP contribution in [0.4, 0.5) is 18.9 Å². The molecule has 10 heteroatoms. The lowest BCUT2D eigenvalue weighted by Crippen LogP contribution is -2.43. The van der Waals surface area contributed by atoms with Gasteiger partial charge in [0.05, 0.1) is 5.52 Å². The fourth-order valence-electron chi connectivity index (χ4n) is 3.50. The Morgan fingerprint density at radius 3 is 2.41 bits per heavy atom. The Morgan fingerprint density at radius 2 is 1.69 bits per heavy atom. The van der Waals surface area contributed by atoms with E-state index in [2.05, 4.69) is 15.0 Å². The number of nitrogens with zero attached hydrogens (tertiary/aromatic N) is 2. The molecule has 1 aliphatic heterocycles. The molecule has 2 heterocycles. The zero-order valence-electron chi connectivity index (χ0n) is 15.2. The highest BCUT2D eigenvalue weighted by molar-refractivity contribution is 7.90. The molecule has 6 nitrogen and oxygen atoms in total. The summed E-state index contributed by atoms with van der Waals surface area (Å²) in [6.07, 6.45) is -3.64. The van der Waals surface area contributed by atoms with Gasteiger partial charge in [0.2, 0.25) is 0 Å². The molecule has 1 fully saturated rings. The van der Waals surface area contributed by atoms with Crippen LogP contribution in [0.25, 0.3) is 10.9 Å². The van der Waals surface area contributed by atoms with Crippen molar-refractivity contribution in [1.29, 1.82) is 0 Å². The molecule has 29 heavy (non-hydrogen) atoms. The number of para-hydroxylation sites is 1. The Bertz CT molecular complexity index is 1140. The van der Waals surface area contributed by atoms with E-state index in [-0.39, 0.29) is 0 Å². The average Bonchev–Trinajstić information content (AvgIpc) is 3.13. The Kier molecular flexibility index (Phi) is 4.91. The second kappa shape index (κ2) is 7.27. The van der Waals surface area contributed by atoms with Crippen LogP contribution in [-0.2, 0) is 10.0 Å². The zero-order chi connectivity index (χ0) is 20.6. The van der Waals surface area contributed by atoms with Crippen molar-refractivity contribution in [2.45, 2.75) is 11.3 Å². The molecule has 0 saturated carbocycles. The fraction of sp³-hybridized carbons (Fsp3) is 0.263. The molecule has 1 aromatic heterocycles. The molecule has 154 valence electrons. The number of aromatic nitrogens is 1. The number of ether oxygens (including phenoxy) is 1. The SMILES string of the molecule is O=S(=O)(c1ccccc1OC(F)(F)F)n1ccc2c(N3CCNCC3)cccc21. The van der Waals surface area contributed by atoms with Crippen LogP contribution in [0, 0.1) is 0 Å². The lowest BCUT2D eigenvalue weighted by molar-refractivity contribution is -0.275. The van der Waals surface area contributed by atoms with Crippen LogP contribution in [-0.4, -0.2) is 44.9 Å². The highest BCUT2D eigenvalue weighted by atomic mass is 32.2. The molecule has 3 aromatic rings. The summed E-state index contributed by atoms with van der Waals surface area (Å²) in [4.78, 5) is 1.60. The monoisotopic (exact) mass is 425 g/mol. The molecule has 2 aromatic carbocycles. The third-order valence-electron chi connectivity index (χ3n) is 4.74. The summed E-state index contributed by atoms with van der Waals surface area (Å²) in [6.45, 7) is 3.19. The Hall–Kier alpha value is -2.72. The molecule has 1 aliphatic rings. The normalized spacial score (nSPS) is 15.6. The second-order valence-electron chi connectivity index (χ2n) is 6.56. The first-order valence-electron chi connectivity index (χ1n) is 8.93. The van der Waals surface area contributed by atoms with Gasteiger partial charge in [-0.25, -0.2) is 12.4 Å². The smallest absolute Gasteiger partial charge is 0.404 e. The van der Waals surface area contributed by atoms with Gasteiger partial charge in [0.1, 0.15) is 10.6 Å². The maximum Gasteiger partial charge on any atom is 0.573 e. The molecule has 0 unspecified atom stereocenters. The van der Waals surface area contributed by atoms with Gasteiger partial charge in [-0.1, -0.05) is 18.2 Å². The topological polar surface area (TPSA) is 63.6 Å². The number of rotatable bonds is 4. The van der Waals surface area contributed by atoms with E-state index < -0.39 is 27.0 Å². The van der Waals surface area contributed by atoms with Gasteiger partial charge >= 0.3 is 6.36 Å². The van der Waals surface area contributed by atoms with Gasteiger partial charge in [-0.2, -0.15) is 0 Å². The van der Waals surface area contributed by atoms with E-state index in [0.29, 0.717) is 10.9 Å². The second-order valence-corrected chi connectivity index (χ2v) is 8.34. The number of halogens is 3. The van der Waals surface area contributed by atoms with Crippen molar-refractivity contribution in [3.63, 3.8) is 0 Å². The quantitative estimate of drug-likeness (QED) is 0.696. The van der Waals surface area contributed by atoms with Gasteiger partial charge in [-0.15, -0.1) is 13.2 Å². The predicted molar refractivity (Wildman–Crippen MR) is 103 cm³/mol. The molecule has 1 saturated heterocycles. The molecular formula is C19H18F3N3O3S. The van der Waals surface area contributed by atoms with Gasteiger partial charge in [-0.05, 0) is 30.3 Å². The van der Waals surface area contributed by atoms with E-state index in [0.717, 1.165) is 48.0 Å². The molecule has 0 bridgehead atoms. The van der Waals surface area contributed by atoms with Crippen LogP contribution in [0.5, 0.6) is 5.75 Å². The highest BCUT2D eigenvalue weighted by Crippen LogP contribution is 2.34. The van der Waals surface area contributed by atoms with Crippen molar-refractivity contribution in [3.8, 4) is 5.75 Å². The fourth-order valence-corrected chi connectivity index (χ4v) is 4.96. The minimum Gasteiger partial charge on any atom is -0.404 e. The van der Waals surface area contributed by atoms with Crippen molar-refractivity contribution in [2.75, 3.05) is 31.1 Å². The summed E-state index contributed by atoms with van der Waals surface area (Å²) in [5.41, 5.74) is 1.28. The standard InChI is InChI=1S/C19H18F3N3O3S/c20-19(21,22)28-17-6-1-2-7-18(17)29(26,27)25-11-8-14-15(4-3-5-16(14)25)24-12-9-23-10-13-24/h1-8,11,23H,9-10,12-13H2. The maximum atomic E-state index is 13.2. The molecule has 0 spiro atoms. The molecule has 4 rings (SSSR count). The summed E-state index contributed by atoms with van der Waals surface area (Å²) in [5, 5.41) is 3.97. The van der Waals surface area contributed by atoms with Gasteiger partial charge in [-0.3, -0.25) is 0 Å². The number of anilines is 1. The van der Waals surface area contributed by atoms with Gasteiger partial charge in [0.25, 0.3) is 10.0 Å². The highest BCUT2D eigenvalue weighted by Gasteiger charge is 2.34. The number of nitrogens with one attached hydrogen (secondary N) is 1. The summed E-state index contributed by atoms with van der Waals surface area (Å²) in [6, 6.07) is 11.7. The average molecular weight is 425 g/mol. The first-order chi connectivity index (χ1) is 13.8. The van der Waals surface area contributed by atoms with Crippen LogP contribution < -0.4 is 15.0 Å². The number of benzene rings is 2. The first kappa shape index (κ1) is 19.6. The van der Waals surface area contributed by atoms with E-state index in [1.165, 1.54) is 18.3 Å². The van der Waals surface area contributed by atoms with E-state index in [4.69, 9.17) is 0 Å². The number of hydrogen-bond acceptors (Lipinski definition) is 5. The van der Waals surface area contributed by atoms with Gasteiger partial charge < -0.3 is 15.0 Å². The molecule has 0 radical (unpaired) electrons. The van der Waals surface area contributed by atoms with Crippen molar-refractivity contribution < 1.29 is 26.3 Å². The van der Waals surface area contributed by atoms with Crippen LogP contribution in [0.1, 0.15) is 0 Å². The number of fused-ring (bicyclic) bond motifs is 1. The maximum absolute atomic E-state index is 13.2. The van der Waals surface area contributed by atoms with E-state index in [1.54, 1.807) is 18.2 Å². The third-order valence-corrected chi connectivity index (χ3v) is 6.47. The minimum absolute atomic E-state index is 0.392. The van der Waals surface area contributed by atoms with E-state index >= 15 is 0 Å². The van der Waals surface area contributed by atoms with Crippen molar-refractivity contribution in [2.24, 2.45) is 0 Å². The Balaban J connectivity index is 1.81. The summed E-state index contributed by atoms with van der Waals surface area (Å²) < 4.78 is 69.5. The van der Waals surface area contributed by atoms with Crippen molar-refractivity contribution >= 4 is 26.6 Å². The number of hydrogen-bond donors (Lipinski definition) is 1. The Labute approximate surface area is 165 Å². The van der Waals surface area contributed by atoms with Crippen LogP contribution in [0.2, 0.25) is 0 Å². The van der Waals surface area contributed by atoms with Crippen LogP contribution in [0.3, 0.4) is 0 Å². The lowest BCUT2D eigenvalue weighted by atomic mass is 10.2. The zero-order valence-corrected chi connectivity index (χ0v) is 16.0. The van der Waals surface area contributed by atoms with Crippen molar-refractivity contribution in [1.82, 2.24) is 9.29 Å². The molecular weight excluding hydrogens is 407 g/mol. The largest absolute Gasteiger partial charge is 0.573 e. The third kappa shape index (κ3) is 3.77. The van der Waals surface area contributed by atoms with Gasteiger partial charge in [0, 0.05) is 43.4 Å². The predicted octanol–water partition coefficient (Wildman–Crippen LogP) is 3.19. The van der Waals surface area contributed by atoms with Crippen molar-refractivity contribution in [3.05, 3.63) is 54.7 Å². The number of piperazine rings is 1. The van der Waals surface area contributed by atoms with Crippen LogP contribution in [0.15, 0.2) is 59.6 Å². The number of alkyl halides is 3. The molecule has 1 N–H and O–H groups in total. The van der Waals surface area contributed by atoms with E-state index in [1.807, 2.05) is 6.07 Å². The summed E-state index contributed by atoms with van der Waals surface area (Å²) in [5.74, 6) is -0.764. The first-order valence-corrected chi connectivity index (χ1v) is 10.4. The molecule has 0 atom stereocenters. The summed E-state index contributed by atoms with van der Waals surface area (Å²) in [7, 11) is -4.31. The Morgan fingerprint density at radius 1 is 0.966 bits per heavy atom. The molecule has 0 aliphatic carbocycles. The van der Waals surface area contributed by atoms with Crippen LogP contribution >= 0.6 is 0 Å². The van der Waals surface area contributed by atoms with Gasteiger partial charge in [0.15, 0.2) is 0 Å². The van der Waals surface area contributed by atoms with E-state index in [9.17, 15) is 21.6 Å².